The topological polar surface area (TPSA) is 110 Å². The molecule has 4 rings (SSSR count). The Kier molecular flexibility index (Phi) is 5.57. The Morgan fingerprint density at radius 1 is 1.17 bits per heavy atom. The average Bonchev–Trinajstić information content (AvgIpc) is 3.38. The lowest BCUT2D eigenvalue weighted by molar-refractivity contribution is -0.146. The minimum atomic E-state index is -0.785. The molecule has 0 saturated carbocycles. The first-order chi connectivity index (χ1) is 14.0. The lowest BCUT2D eigenvalue weighted by atomic mass is 9.84. The van der Waals surface area contributed by atoms with E-state index in [1.807, 2.05) is 31.2 Å². The van der Waals surface area contributed by atoms with Crippen LogP contribution in [0.2, 0.25) is 0 Å². The number of carboxylic acids is 1. The second kappa shape index (κ2) is 8.28. The van der Waals surface area contributed by atoms with Crippen molar-refractivity contribution in [3.05, 3.63) is 29.8 Å². The quantitative estimate of drug-likeness (QED) is 0.808. The number of carboxylic acid groups (broad SMARTS) is 1. The maximum Gasteiger partial charge on any atom is 0.309 e. The predicted octanol–water partition coefficient (Wildman–Crippen LogP) is 1.38. The van der Waals surface area contributed by atoms with Crippen molar-refractivity contribution in [1.29, 1.82) is 0 Å². The molecular formula is C20H25N5O4. The summed E-state index contributed by atoms with van der Waals surface area (Å²) in [6.07, 6.45) is 1.83. The molecule has 0 bridgehead atoms. The third kappa shape index (κ3) is 4.29. The van der Waals surface area contributed by atoms with Crippen molar-refractivity contribution in [3.63, 3.8) is 0 Å². The lowest BCUT2D eigenvalue weighted by Crippen LogP contribution is -2.44. The van der Waals surface area contributed by atoms with E-state index in [1.54, 1.807) is 4.90 Å². The molecule has 0 radical (unpaired) electrons. The number of carbonyl (C=O) groups is 2. The van der Waals surface area contributed by atoms with Gasteiger partial charge >= 0.3 is 5.97 Å². The van der Waals surface area contributed by atoms with Gasteiger partial charge in [0, 0.05) is 25.3 Å². The standard InChI is InChI=1S/C20H25N5O4/c1-13-2-4-15(5-3-13)19-21-23-25(22-19)12-17(26)24-9-6-14(7-10-24)18-16(20(27)28)8-11-29-18/h2-5,14,16,18H,6-12H2,1H3,(H,27,28)/t16?,18-/m0/s1. The summed E-state index contributed by atoms with van der Waals surface area (Å²) in [6.45, 7) is 3.74. The Labute approximate surface area is 168 Å². The molecular weight excluding hydrogens is 374 g/mol. The Morgan fingerprint density at radius 2 is 1.90 bits per heavy atom. The number of hydrogen-bond donors (Lipinski definition) is 1. The van der Waals surface area contributed by atoms with Crippen LogP contribution in [0.15, 0.2) is 24.3 Å². The molecule has 2 aromatic rings. The lowest BCUT2D eigenvalue weighted by Gasteiger charge is -2.35. The van der Waals surface area contributed by atoms with Gasteiger partial charge in [-0.25, -0.2) is 0 Å². The Bertz CT molecular complexity index is 873. The van der Waals surface area contributed by atoms with Gasteiger partial charge in [-0.3, -0.25) is 9.59 Å². The van der Waals surface area contributed by atoms with Crippen LogP contribution in [-0.2, 0) is 20.9 Å². The number of benzene rings is 1. The summed E-state index contributed by atoms with van der Waals surface area (Å²) in [4.78, 5) is 27.1. The van der Waals surface area contributed by atoms with Gasteiger partial charge in [0.1, 0.15) is 6.54 Å². The second-order valence-corrected chi connectivity index (χ2v) is 7.80. The smallest absolute Gasteiger partial charge is 0.309 e. The van der Waals surface area contributed by atoms with E-state index < -0.39 is 11.9 Å². The first kappa shape index (κ1) is 19.5. The summed E-state index contributed by atoms with van der Waals surface area (Å²) in [5.74, 6) is -0.595. The summed E-state index contributed by atoms with van der Waals surface area (Å²) < 4.78 is 5.69. The van der Waals surface area contributed by atoms with Crippen molar-refractivity contribution < 1.29 is 19.4 Å². The van der Waals surface area contributed by atoms with Gasteiger partial charge in [0.15, 0.2) is 0 Å². The van der Waals surface area contributed by atoms with Crippen LogP contribution in [-0.4, -0.2) is 67.9 Å². The highest BCUT2D eigenvalue weighted by molar-refractivity contribution is 5.76. The fourth-order valence-electron chi connectivity index (χ4n) is 4.17. The number of tetrazole rings is 1. The number of aromatic nitrogens is 4. The zero-order valence-corrected chi connectivity index (χ0v) is 16.4. The van der Waals surface area contributed by atoms with E-state index in [4.69, 9.17) is 4.74 Å². The maximum absolute atomic E-state index is 12.6. The number of amides is 1. The van der Waals surface area contributed by atoms with Crippen molar-refractivity contribution in [2.75, 3.05) is 19.7 Å². The number of carbonyl (C=O) groups excluding carboxylic acids is 1. The number of likely N-dealkylation sites (tertiary alicyclic amines) is 1. The van der Waals surface area contributed by atoms with Crippen LogP contribution >= 0.6 is 0 Å². The molecule has 2 atom stereocenters. The van der Waals surface area contributed by atoms with Crippen LogP contribution in [0.1, 0.15) is 24.8 Å². The molecule has 1 aromatic heterocycles. The molecule has 9 heteroatoms. The highest BCUT2D eigenvalue weighted by Crippen LogP contribution is 2.33. The van der Waals surface area contributed by atoms with Gasteiger partial charge in [-0.1, -0.05) is 29.8 Å². The monoisotopic (exact) mass is 399 g/mol. The van der Waals surface area contributed by atoms with Crippen LogP contribution in [0.5, 0.6) is 0 Å². The molecule has 29 heavy (non-hydrogen) atoms. The molecule has 0 spiro atoms. The maximum atomic E-state index is 12.6. The predicted molar refractivity (Wildman–Crippen MR) is 103 cm³/mol. The number of rotatable bonds is 5. The van der Waals surface area contributed by atoms with Gasteiger partial charge < -0.3 is 14.7 Å². The Balaban J connectivity index is 1.31. The third-order valence-electron chi connectivity index (χ3n) is 5.85. The van der Waals surface area contributed by atoms with E-state index in [-0.39, 0.29) is 24.5 Å². The first-order valence-electron chi connectivity index (χ1n) is 9.98. The van der Waals surface area contributed by atoms with Crippen LogP contribution in [0.3, 0.4) is 0 Å². The molecule has 1 unspecified atom stereocenters. The Morgan fingerprint density at radius 3 is 2.59 bits per heavy atom. The highest BCUT2D eigenvalue weighted by atomic mass is 16.5. The minimum absolute atomic E-state index is 0.0429. The van der Waals surface area contributed by atoms with Crippen LogP contribution in [0.4, 0.5) is 0 Å². The largest absolute Gasteiger partial charge is 0.481 e. The molecule has 9 nitrogen and oxygen atoms in total. The van der Waals surface area contributed by atoms with E-state index in [0.29, 0.717) is 31.9 Å². The number of ether oxygens (including phenoxy) is 1. The number of aliphatic carboxylic acids is 1. The number of hydrogen-bond acceptors (Lipinski definition) is 6. The molecule has 3 heterocycles. The zero-order valence-electron chi connectivity index (χ0n) is 16.4. The number of nitrogens with zero attached hydrogens (tertiary/aromatic N) is 5. The molecule has 1 N–H and O–H groups in total. The van der Waals surface area contributed by atoms with Crippen LogP contribution in [0, 0.1) is 18.8 Å². The Hall–Kier alpha value is -2.81. The summed E-state index contributed by atoms with van der Waals surface area (Å²) in [6, 6.07) is 7.82. The van der Waals surface area contributed by atoms with Crippen molar-refractivity contribution >= 4 is 11.9 Å². The SMILES string of the molecule is Cc1ccc(-c2nnn(CC(=O)N3CCC([C@@H]4OCCC4C(=O)O)CC3)n2)cc1. The molecule has 1 amide bonds. The van der Waals surface area contributed by atoms with Gasteiger partial charge in [-0.05, 0) is 37.3 Å². The van der Waals surface area contributed by atoms with E-state index in [1.165, 1.54) is 4.80 Å². The molecule has 2 aliphatic heterocycles. The molecule has 2 saturated heterocycles. The molecule has 2 fully saturated rings. The van der Waals surface area contributed by atoms with Crippen LogP contribution in [0.25, 0.3) is 11.4 Å². The van der Waals surface area contributed by atoms with Crippen molar-refractivity contribution in [2.45, 2.75) is 38.8 Å². The van der Waals surface area contributed by atoms with Gasteiger partial charge in [-0.15, -0.1) is 10.2 Å². The van der Waals surface area contributed by atoms with Gasteiger partial charge in [-0.2, -0.15) is 4.80 Å². The number of piperidine rings is 1. The van der Waals surface area contributed by atoms with E-state index in [0.717, 1.165) is 24.0 Å². The van der Waals surface area contributed by atoms with Crippen molar-refractivity contribution in [2.24, 2.45) is 11.8 Å². The average molecular weight is 399 g/mol. The first-order valence-corrected chi connectivity index (χ1v) is 9.98. The normalized spacial score (nSPS) is 22.7. The van der Waals surface area contributed by atoms with Crippen molar-refractivity contribution in [3.8, 4) is 11.4 Å². The van der Waals surface area contributed by atoms with E-state index >= 15 is 0 Å². The molecule has 2 aliphatic rings. The molecule has 154 valence electrons. The molecule has 0 aliphatic carbocycles. The third-order valence-corrected chi connectivity index (χ3v) is 5.85. The minimum Gasteiger partial charge on any atom is -0.481 e. The van der Waals surface area contributed by atoms with Gasteiger partial charge in [0.05, 0.1) is 12.0 Å². The highest BCUT2D eigenvalue weighted by Gasteiger charge is 2.40. The summed E-state index contributed by atoms with van der Waals surface area (Å²) in [7, 11) is 0. The molecule has 1 aromatic carbocycles. The zero-order chi connectivity index (χ0) is 20.4. The summed E-state index contributed by atoms with van der Waals surface area (Å²) in [5, 5.41) is 21.7. The van der Waals surface area contributed by atoms with Gasteiger partial charge in [0.2, 0.25) is 11.7 Å². The summed E-state index contributed by atoms with van der Waals surface area (Å²) in [5.41, 5.74) is 2.01. The van der Waals surface area contributed by atoms with E-state index in [2.05, 4.69) is 15.4 Å². The van der Waals surface area contributed by atoms with Crippen molar-refractivity contribution in [1.82, 2.24) is 25.1 Å². The van der Waals surface area contributed by atoms with E-state index in [9.17, 15) is 14.7 Å². The van der Waals surface area contributed by atoms with Gasteiger partial charge in [0.25, 0.3) is 0 Å². The number of aryl methyl sites for hydroxylation is 1. The fraction of sp³-hybridized carbons (Fsp3) is 0.550. The second-order valence-electron chi connectivity index (χ2n) is 7.80. The fourth-order valence-corrected chi connectivity index (χ4v) is 4.17. The van der Waals surface area contributed by atoms with Crippen LogP contribution < -0.4 is 0 Å². The summed E-state index contributed by atoms with van der Waals surface area (Å²) >= 11 is 0.